The van der Waals surface area contributed by atoms with E-state index in [9.17, 15) is 9.59 Å². The zero-order valence-corrected chi connectivity index (χ0v) is 15.6. The Bertz CT molecular complexity index is 639. The highest BCUT2D eigenvalue weighted by molar-refractivity contribution is 6.30. The number of hydrogen-bond acceptors (Lipinski definition) is 4. The highest BCUT2D eigenvalue weighted by Gasteiger charge is 2.45. The molecule has 2 fully saturated rings. The normalized spacial score (nSPS) is 21.6. The fraction of sp³-hybridized carbons (Fsp3) is 0.579. The van der Waals surface area contributed by atoms with Gasteiger partial charge in [-0.25, -0.2) is 0 Å². The molecule has 0 aromatic heterocycles. The Kier molecular flexibility index (Phi) is 5.35. The summed E-state index contributed by atoms with van der Waals surface area (Å²) >= 11 is 5.93. The van der Waals surface area contributed by atoms with Crippen LogP contribution >= 0.6 is 11.6 Å². The molecule has 2 aliphatic heterocycles. The molecule has 6 heteroatoms. The fourth-order valence-corrected chi connectivity index (χ4v) is 4.10. The van der Waals surface area contributed by atoms with E-state index in [1.165, 1.54) is 7.11 Å². The Morgan fingerprint density at radius 1 is 1.28 bits per heavy atom. The maximum absolute atomic E-state index is 12.5. The topological polar surface area (TPSA) is 49.9 Å². The van der Waals surface area contributed by atoms with Crippen LogP contribution in [0.1, 0.15) is 31.7 Å². The van der Waals surface area contributed by atoms with Gasteiger partial charge in [-0.2, -0.15) is 0 Å². The van der Waals surface area contributed by atoms with Crippen molar-refractivity contribution in [3.05, 3.63) is 34.9 Å². The third-order valence-corrected chi connectivity index (χ3v) is 5.89. The van der Waals surface area contributed by atoms with Crippen LogP contribution in [0, 0.1) is 5.41 Å². The molecule has 0 unspecified atom stereocenters. The zero-order chi connectivity index (χ0) is 18.0. The largest absolute Gasteiger partial charge is 0.468 e. The summed E-state index contributed by atoms with van der Waals surface area (Å²) in [6.45, 7) is 4.99. The standard InChI is InChI=1S/C19H25ClN2O3/c1-14(18(24)25-2)21-9-7-19(8-10-21)11-17(23)22(13-19)12-15-3-5-16(20)6-4-15/h3-6,14H,7-13H2,1-2H3/t14-/m1/s1. The molecular weight excluding hydrogens is 340 g/mol. The van der Waals surface area contributed by atoms with E-state index < -0.39 is 0 Å². The number of ether oxygens (including phenoxy) is 1. The smallest absolute Gasteiger partial charge is 0.322 e. The molecule has 1 atom stereocenters. The van der Waals surface area contributed by atoms with Crippen molar-refractivity contribution in [1.82, 2.24) is 9.80 Å². The van der Waals surface area contributed by atoms with Gasteiger partial charge in [0.05, 0.1) is 7.11 Å². The van der Waals surface area contributed by atoms with E-state index in [-0.39, 0.29) is 23.3 Å². The van der Waals surface area contributed by atoms with Crippen molar-refractivity contribution >= 4 is 23.5 Å². The number of likely N-dealkylation sites (tertiary alicyclic amines) is 2. The van der Waals surface area contributed by atoms with Crippen LogP contribution in [0.3, 0.4) is 0 Å². The molecule has 1 spiro atoms. The van der Waals surface area contributed by atoms with Crippen LogP contribution in [0.15, 0.2) is 24.3 Å². The van der Waals surface area contributed by atoms with Gasteiger partial charge < -0.3 is 9.64 Å². The van der Waals surface area contributed by atoms with Crippen LogP contribution in [0.2, 0.25) is 5.02 Å². The third kappa shape index (κ3) is 3.98. The molecule has 25 heavy (non-hydrogen) atoms. The van der Waals surface area contributed by atoms with Crippen LogP contribution < -0.4 is 0 Å². The summed E-state index contributed by atoms with van der Waals surface area (Å²) in [4.78, 5) is 28.3. The van der Waals surface area contributed by atoms with E-state index >= 15 is 0 Å². The molecule has 5 nitrogen and oxygen atoms in total. The van der Waals surface area contributed by atoms with Crippen molar-refractivity contribution in [3.63, 3.8) is 0 Å². The number of amides is 1. The second-order valence-electron chi connectivity index (χ2n) is 7.29. The second-order valence-corrected chi connectivity index (χ2v) is 7.72. The predicted molar refractivity (Wildman–Crippen MR) is 96.2 cm³/mol. The summed E-state index contributed by atoms with van der Waals surface area (Å²) in [6.07, 6.45) is 2.50. The average molecular weight is 365 g/mol. The predicted octanol–water partition coefficient (Wildman–Crippen LogP) is 2.72. The van der Waals surface area contributed by atoms with Gasteiger partial charge in [-0.15, -0.1) is 0 Å². The lowest BCUT2D eigenvalue weighted by atomic mass is 9.77. The Morgan fingerprint density at radius 2 is 1.92 bits per heavy atom. The number of benzene rings is 1. The molecule has 2 aliphatic rings. The van der Waals surface area contributed by atoms with Gasteiger partial charge in [0.2, 0.25) is 5.91 Å². The number of esters is 1. The van der Waals surface area contributed by atoms with Gasteiger partial charge in [0.1, 0.15) is 6.04 Å². The minimum absolute atomic E-state index is 0.0514. The molecule has 1 amide bonds. The first-order chi connectivity index (χ1) is 11.9. The number of piperidine rings is 1. The van der Waals surface area contributed by atoms with Gasteiger partial charge in [0.25, 0.3) is 0 Å². The summed E-state index contributed by atoms with van der Waals surface area (Å²) in [5.41, 5.74) is 1.15. The summed E-state index contributed by atoms with van der Waals surface area (Å²) in [5, 5.41) is 0.708. The molecule has 0 saturated carbocycles. The number of halogens is 1. The maximum Gasteiger partial charge on any atom is 0.322 e. The Labute approximate surface area is 153 Å². The van der Waals surface area contributed by atoms with Crippen molar-refractivity contribution in [2.45, 2.75) is 38.8 Å². The average Bonchev–Trinajstić information content (AvgIpc) is 2.91. The van der Waals surface area contributed by atoms with Crippen LogP contribution in [0.4, 0.5) is 0 Å². The van der Waals surface area contributed by atoms with E-state index in [4.69, 9.17) is 16.3 Å². The first kappa shape index (κ1) is 18.2. The van der Waals surface area contributed by atoms with E-state index in [0.717, 1.165) is 38.0 Å². The third-order valence-electron chi connectivity index (χ3n) is 5.64. The van der Waals surface area contributed by atoms with Crippen LogP contribution in [-0.4, -0.2) is 54.5 Å². The molecule has 1 aromatic rings. The van der Waals surface area contributed by atoms with E-state index in [1.54, 1.807) is 0 Å². The Hall–Kier alpha value is -1.59. The number of methoxy groups -OCH3 is 1. The van der Waals surface area contributed by atoms with Crippen molar-refractivity contribution < 1.29 is 14.3 Å². The summed E-state index contributed by atoms with van der Waals surface area (Å²) < 4.78 is 4.84. The van der Waals surface area contributed by atoms with Gasteiger partial charge in [-0.05, 0) is 56.0 Å². The Balaban J connectivity index is 1.59. The SMILES string of the molecule is COC(=O)[C@@H](C)N1CCC2(CC1)CC(=O)N(Cc1ccc(Cl)cc1)C2. The molecule has 3 rings (SSSR count). The minimum atomic E-state index is -0.218. The molecule has 2 saturated heterocycles. The summed E-state index contributed by atoms with van der Waals surface area (Å²) in [7, 11) is 1.43. The Morgan fingerprint density at radius 3 is 2.52 bits per heavy atom. The van der Waals surface area contributed by atoms with E-state index in [2.05, 4.69) is 4.90 Å². The number of rotatable bonds is 4. The lowest BCUT2D eigenvalue weighted by Gasteiger charge is -2.40. The molecule has 0 N–H and O–H groups in total. The summed E-state index contributed by atoms with van der Waals surface area (Å²) in [5.74, 6) is 0.0345. The van der Waals surface area contributed by atoms with Crippen molar-refractivity contribution in [2.24, 2.45) is 5.41 Å². The minimum Gasteiger partial charge on any atom is -0.468 e. The fourth-order valence-electron chi connectivity index (χ4n) is 3.98. The van der Waals surface area contributed by atoms with Gasteiger partial charge in [0.15, 0.2) is 0 Å². The number of carbonyl (C=O) groups excluding carboxylic acids is 2. The zero-order valence-electron chi connectivity index (χ0n) is 14.8. The van der Waals surface area contributed by atoms with Crippen LogP contribution in [0.5, 0.6) is 0 Å². The van der Waals surface area contributed by atoms with Gasteiger partial charge >= 0.3 is 5.97 Å². The molecule has 2 heterocycles. The quantitative estimate of drug-likeness (QED) is 0.771. The molecule has 0 bridgehead atoms. The van der Waals surface area contributed by atoms with E-state index in [0.29, 0.717) is 18.0 Å². The molecule has 136 valence electrons. The maximum atomic E-state index is 12.5. The second kappa shape index (κ2) is 7.34. The molecule has 0 radical (unpaired) electrons. The number of nitrogens with zero attached hydrogens (tertiary/aromatic N) is 2. The lowest BCUT2D eigenvalue weighted by molar-refractivity contribution is -0.147. The molecular formula is C19H25ClN2O3. The molecule has 0 aliphatic carbocycles. The van der Waals surface area contributed by atoms with Gasteiger partial charge in [-0.1, -0.05) is 23.7 Å². The van der Waals surface area contributed by atoms with Gasteiger partial charge in [-0.3, -0.25) is 14.5 Å². The van der Waals surface area contributed by atoms with Crippen molar-refractivity contribution in [2.75, 3.05) is 26.7 Å². The van der Waals surface area contributed by atoms with Crippen molar-refractivity contribution in [3.8, 4) is 0 Å². The first-order valence-electron chi connectivity index (χ1n) is 8.77. The van der Waals surface area contributed by atoms with Crippen LogP contribution in [-0.2, 0) is 20.9 Å². The highest BCUT2D eigenvalue weighted by Crippen LogP contribution is 2.41. The first-order valence-corrected chi connectivity index (χ1v) is 9.14. The molecule has 1 aromatic carbocycles. The highest BCUT2D eigenvalue weighted by atomic mass is 35.5. The lowest BCUT2D eigenvalue weighted by Crippen LogP contribution is -2.48. The monoisotopic (exact) mass is 364 g/mol. The number of carbonyl (C=O) groups is 2. The van der Waals surface area contributed by atoms with Crippen molar-refractivity contribution in [1.29, 1.82) is 0 Å². The van der Waals surface area contributed by atoms with Gasteiger partial charge in [0, 0.05) is 24.5 Å². The van der Waals surface area contributed by atoms with Crippen LogP contribution in [0.25, 0.3) is 0 Å². The summed E-state index contributed by atoms with van der Waals surface area (Å²) in [6, 6.07) is 7.45. The number of hydrogen-bond donors (Lipinski definition) is 0. The van der Waals surface area contributed by atoms with E-state index in [1.807, 2.05) is 36.1 Å².